The summed E-state index contributed by atoms with van der Waals surface area (Å²) < 4.78 is 6.09. The number of amides is 1. The molecule has 2 rings (SSSR count). The Morgan fingerprint density at radius 3 is 2.71 bits per heavy atom. The number of nitrogens with one attached hydrogen (secondary N) is 1. The number of rotatable bonds is 3. The fourth-order valence-corrected chi connectivity index (χ4v) is 2.67. The number of ether oxygens (including phenoxy) is 1. The molecule has 17 heavy (non-hydrogen) atoms. The summed E-state index contributed by atoms with van der Waals surface area (Å²) >= 11 is 4.98. The van der Waals surface area contributed by atoms with Gasteiger partial charge in [-0.1, -0.05) is 18.2 Å². The van der Waals surface area contributed by atoms with E-state index in [0.29, 0.717) is 12.3 Å². The molecule has 1 aromatic carbocycles. The minimum atomic E-state index is -0.448. The first-order valence-electron chi connectivity index (χ1n) is 4.98. The smallest absolute Gasteiger partial charge is 0.410 e. The molecule has 0 aliphatic carbocycles. The second kappa shape index (κ2) is 5.84. The summed E-state index contributed by atoms with van der Waals surface area (Å²) in [6.45, 7) is 0.462. The Morgan fingerprint density at radius 1 is 1.29 bits per heavy atom. The third-order valence-corrected chi connectivity index (χ3v) is 3.96. The van der Waals surface area contributed by atoms with E-state index in [-0.39, 0.29) is 0 Å². The summed E-state index contributed by atoms with van der Waals surface area (Å²) in [5, 5.41) is 4.66. The lowest BCUT2D eigenvalue weighted by molar-refractivity contribution is 0.200. The van der Waals surface area contributed by atoms with Gasteiger partial charge in [0.2, 0.25) is 0 Å². The van der Waals surface area contributed by atoms with Crippen molar-refractivity contribution >= 4 is 33.4 Å². The van der Waals surface area contributed by atoms with Gasteiger partial charge in [-0.15, -0.1) is 11.3 Å². The highest BCUT2D eigenvalue weighted by molar-refractivity contribution is 9.10. The van der Waals surface area contributed by atoms with Crippen molar-refractivity contribution in [3.63, 3.8) is 0 Å². The van der Waals surface area contributed by atoms with Gasteiger partial charge in [-0.25, -0.2) is 4.79 Å². The van der Waals surface area contributed by atoms with E-state index in [1.807, 2.05) is 29.6 Å². The molecule has 1 amide bonds. The average molecular weight is 312 g/mol. The molecule has 0 aliphatic rings. The molecule has 1 N–H and O–H groups in total. The first-order valence-corrected chi connectivity index (χ1v) is 6.65. The number of carbonyl (C=O) groups is 1. The molecule has 0 bridgehead atoms. The van der Waals surface area contributed by atoms with Gasteiger partial charge < -0.3 is 10.1 Å². The van der Waals surface area contributed by atoms with E-state index in [2.05, 4.69) is 21.2 Å². The van der Waals surface area contributed by atoms with Gasteiger partial charge in [0.15, 0.2) is 0 Å². The lowest BCUT2D eigenvalue weighted by Gasteiger charge is -2.05. The van der Waals surface area contributed by atoms with Gasteiger partial charge in [0.05, 0.1) is 6.54 Å². The molecule has 0 fully saturated rings. The highest BCUT2D eigenvalue weighted by atomic mass is 79.9. The van der Waals surface area contributed by atoms with E-state index in [4.69, 9.17) is 4.74 Å². The van der Waals surface area contributed by atoms with Crippen LogP contribution >= 0.6 is 27.3 Å². The Bertz CT molecular complexity index is 498. The summed E-state index contributed by atoms with van der Waals surface area (Å²) in [6.07, 6.45) is -0.448. The molecule has 3 nitrogen and oxygen atoms in total. The van der Waals surface area contributed by atoms with Crippen molar-refractivity contribution in [2.24, 2.45) is 0 Å². The fraction of sp³-hybridized carbons (Fsp3) is 0.0833. The van der Waals surface area contributed by atoms with E-state index in [1.165, 1.54) is 0 Å². The molecule has 0 unspecified atom stereocenters. The van der Waals surface area contributed by atoms with Gasteiger partial charge in [-0.05, 0) is 39.5 Å². The summed E-state index contributed by atoms with van der Waals surface area (Å²) in [4.78, 5) is 12.5. The zero-order chi connectivity index (χ0) is 12.1. The van der Waals surface area contributed by atoms with E-state index in [0.717, 1.165) is 9.35 Å². The number of carbonyl (C=O) groups excluding carboxylic acids is 1. The molecule has 0 radical (unpaired) electrons. The van der Waals surface area contributed by atoms with Crippen molar-refractivity contribution < 1.29 is 9.53 Å². The van der Waals surface area contributed by atoms with Crippen LogP contribution in [0.25, 0.3) is 0 Å². The zero-order valence-corrected chi connectivity index (χ0v) is 11.3. The van der Waals surface area contributed by atoms with E-state index >= 15 is 0 Å². The van der Waals surface area contributed by atoms with Crippen molar-refractivity contribution in [1.29, 1.82) is 0 Å². The third kappa shape index (κ3) is 3.57. The van der Waals surface area contributed by atoms with E-state index in [9.17, 15) is 4.79 Å². The molecule has 88 valence electrons. The molecule has 0 atom stereocenters. The van der Waals surface area contributed by atoms with Gasteiger partial charge in [0.25, 0.3) is 0 Å². The second-order valence-electron chi connectivity index (χ2n) is 3.25. The average Bonchev–Trinajstić information content (AvgIpc) is 2.74. The van der Waals surface area contributed by atoms with Crippen LogP contribution in [-0.4, -0.2) is 6.09 Å². The van der Waals surface area contributed by atoms with Crippen molar-refractivity contribution in [3.05, 3.63) is 51.1 Å². The number of benzene rings is 1. The van der Waals surface area contributed by atoms with Crippen LogP contribution in [0.15, 0.2) is 46.3 Å². The van der Waals surface area contributed by atoms with Gasteiger partial charge in [0.1, 0.15) is 5.75 Å². The van der Waals surface area contributed by atoms with E-state index in [1.54, 1.807) is 23.5 Å². The number of hydrogen-bond donors (Lipinski definition) is 1. The van der Waals surface area contributed by atoms with Crippen molar-refractivity contribution in [2.75, 3.05) is 0 Å². The molecule has 5 heteroatoms. The largest absolute Gasteiger partial charge is 0.412 e. The van der Waals surface area contributed by atoms with Crippen LogP contribution < -0.4 is 10.1 Å². The maximum absolute atomic E-state index is 11.5. The number of thiophene rings is 1. The molecular formula is C12H10BrNO2S. The first kappa shape index (κ1) is 12.1. The molecule has 0 saturated carbocycles. The summed E-state index contributed by atoms with van der Waals surface area (Å²) in [6, 6.07) is 10.9. The molecule has 1 heterocycles. The van der Waals surface area contributed by atoms with E-state index < -0.39 is 6.09 Å². The predicted molar refractivity (Wildman–Crippen MR) is 71.3 cm³/mol. The molecule has 0 saturated heterocycles. The topological polar surface area (TPSA) is 38.3 Å². The Hall–Kier alpha value is -1.33. The summed E-state index contributed by atoms with van der Waals surface area (Å²) in [5.74, 6) is 0.537. The molecule has 2 aromatic rings. The highest BCUT2D eigenvalue weighted by Gasteiger charge is 2.06. The lowest BCUT2D eigenvalue weighted by atomic mass is 10.3. The first-order chi connectivity index (χ1) is 8.25. The van der Waals surface area contributed by atoms with Gasteiger partial charge in [-0.3, -0.25) is 0 Å². The number of hydrogen-bond acceptors (Lipinski definition) is 3. The number of halogens is 1. The molecular weight excluding hydrogens is 302 g/mol. The molecule has 0 spiro atoms. The zero-order valence-electron chi connectivity index (χ0n) is 8.85. The third-order valence-electron chi connectivity index (χ3n) is 2.04. The van der Waals surface area contributed by atoms with Crippen LogP contribution in [-0.2, 0) is 6.54 Å². The van der Waals surface area contributed by atoms with Crippen LogP contribution in [0, 0.1) is 0 Å². The quantitative estimate of drug-likeness (QED) is 0.936. The fourth-order valence-electron chi connectivity index (χ4n) is 1.24. The second-order valence-corrected chi connectivity index (χ2v) is 5.10. The Morgan fingerprint density at radius 2 is 2.06 bits per heavy atom. The Kier molecular flexibility index (Phi) is 4.17. The van der Waals surface area contributed by atoms with Crippen LogP contribution in [0.4, 0.5) is 4.79 Å². The Labute approximate surface area is 112 Å². The van der Waals surface area contributed by atoms with Crippen LogP contribution in [0.2, 0.25) is 0 Å². The highest BCUT2D eigenvalue weighted by Crippen LogP contribution is 2.22. The predicted octanol–water partition coefficient (Wildman–Crippen LogP) is 3.80. The van der Waals surface area contributed by atoms with Crippen molar-refractivity contribution in [2.45, 2.75) is 6.54 Å². The van der Waals surface area contributed by atoms with Crippen LogP contribution in [0.3, 0.4) is 0 Å². The maximum atomic E-state index is 11.5. The lowest BCUT2D eigenvalue weighted by Crippen LogP contribution is -2.25. The van der Waals surface area contributed by atoms with Crippen molar-refractivity contribution in [3.8, 4) is 5.75 Å². The summed E-state index contributed by atoms with van der Waals surface area (Å²) in [7, 11) is 0. The summed E-state index contributed by atoms with van der Waals surface area (Å²) in [5.41, 5.74) is 0. The van der Waals surface area contributed by atoms with Gasteiger partial charge >= 0.3 is 6.09 Å². The molecule has 0 aliphatic heterocycles. The maximum Gasteiger partial charge on any atom is 0.412 e. The van der Waals surface area contributed by atoms with Gasteiger partial charge in [0, 0.05) is 9.35 Å². The molecule has 1 aromatic heterocycles. The monoisotopic (exact) mass is 311 g/mol. The minimum Gasteiger partial charge on any atom is -0.410 e. The van der Waals surface area contributed by atoms with Gasteiger partial charge in [-0.2, -0.15) is 0 Å². The van der Waals surface area contributed by atoms with Crippen LogP contribution in [0.5, 0.6) is 5.75 Å². The van der Waals surface area contributed by atoms with Crippen molar-refractivity contribution in [1.82, 2.24) is 5.32 Å². The minimum absolute atomic E-state index is 0.448. The standard InChI is InChI=1S/C12H10BrNO2S/c13-10-6-7-17-11(10)8-14-12(15)16-9-4-2-1-3-5-9/h1-7H,8H2,(H,14,15). The SMILES string of the molecule is O=C(NCc1sccc1Br)Oc1ccccc1. The number of para-hydroxylation sites is 1. The Balaban J connectivity index is 1.84. The van der Waals surface area contributed by atoms with Crippen LogP contribution in [0.1, 0.15) is 4.88 Å². The normalized spacial score (nSPS) is 9.94.